The zero-order valence-electron chi connectivity index (χ0n) is 6.59. The second-order valence-electron chi connectivity index (χ2n) is 3.03. The molecule has 0 aromatic rings. The van der Waals surface area contributed by atoms with E-state index in [1.807, 2.05) is 0 Å². The van der Waals surface area contributed by atoms with Gasteiger partial charge in [0, 0.05) is 20.0 Å². The Kier molecular flexibility index (Phi) is 2.44. The molecular weight excluding hydrogens is 128 g/mol. The molecule has 0 aliphatic heterocycles. The van der Waals surface area contributed by atoms with E-state index in [0.29, 0.717) is 30.6 Å². The summed E-state index contributed by atoms with van der Waals surface area (Å²) in [5.41, 5.74) is 0. The number of ether oxygens (including phenoxy) is 1. The Hall–Kier alpha value is -0.370. The van der Waals surface area contributed by atoms with E-state index in [9.17, 15) is 4.79 Å². The normalized spacial score (nSPS) is 34.4. The van der Waals surface area contributed by atoms with Gasteiger partial charge in [0.15, 0.2) is 0 Å². The van der Waals surface area contributed by atoms with Crippen LogP contribution in [0.25, 0.3) is 0 Å². The highest BCUT2D eigenvalue weighted by Crippen LogP contribution is 2.23. The van der Waals surface area contributed by atoms with E-state index >= 15 is 0 Å². The monoisotopic (exact) mass is 142 g/mol. The van der Waals surface area contributed by atoms with Crippen LogP contribution in [0.15, 0.2) is 0 Å². The van der Waals surface area contributed by atoms with Crippen molar-refractivity contribution >= 4 is 5.78 Å². The molecule has 10 heavy (non-hydrogen) atoms. The number of carbonyl (C=O) groups is 1. The molecule has 58 valence electrons. The maximum absolute atomic E-state index is 10.9. The molecule has 2 heteroatoms. The van der Waals surface area contributed by atoms with Gasteiger partial charge in [0.05, 0.1) is 6.10 Å². The fourth-order valence-corrected chi connectivity index (χ4v) is 1.53. The van der Waals surface area contributed by atoms with Gasteiger partial charge in [0.2, 0.25) is 0 Å². The van der Waals surface area contributed by atoms with E-state index in [-0.39, 0.29) is 0 Å². The zero-order valence-corrected chi connectivity index (χ0v) is 6.59. The Morgan fingerprint density at radius 1 is 1.60 bits per heavy atom. The molecule has 1 aliphatic rings. The van der Waals surface area contributed by atoms with E-state index in [2.05, 4.69) is 6.92 Å². The highest BCUT2D eigenvalue weighted by molar-refractivity contribution is 5.79. The molecule has 0 heterocycles. The van der Waals surface area contributed by atoms with Gasteiger partial charge in [-0.1, -0.05) is 6.92 Å². The van der Waals surface area contributed by atoms with Crippen LogP contribution in [0.2, 0.25) is 0 Å². The molecular formula is C8H14O2. The van der Waals surface area contributed by atoms with Crippen LogP contribution < -0.4 is 0 Å². The first kappa shape index (κ1) is 7.73. The standard InChI is InChI=1S/C8H14O2/c1-6-5-7(9)3-4-8(6)10-2/h6,8H,3-5H2,1-2H3. The third-order valence-corrected chi connectivity index (χ3v) is 2.19. The first-order valence-corrected chi connectivity index (χ1v) is 3.78. The molecule has 1 saturated carbocycles. The number of ketones is 1. The highest BCUT2D eigenvalue weighted by atomic mass is 16.5. The number of hydrogen-bond acceptors (Lipinski definition) is 2. The molecule has 0 amide bonds. The molecule has 0 bridgehead atoms. The van der Waals surface area contributed by atoms with E-state index < -0.39 is 0 Å². The molecule has 1 aliphatic carbocycles. The van der Waals surface area contributed by atoms with Crippen LogP contribution in [0.3, 0.4) is 0 Å². The van der Waals surface area contributed by atoms with Crippen LogP contribution >= 0.6 is 0 Å². The zero-order chi connectivity index (χ0) is 7.56. The topological polar surface area (TPSA) is 26.3 Å². The fraction of sp³-hybridized carbons (Fsp3) is 0.875. The Morgan fingerprint density at radius 3 is 2.80 bits per heavy atom. The summed E-state index contributed by atoms with van der Waals surface area (Å²) in [4.78, 5) is 10.9. The maximum atomic E-state index is 10.9. The average molecular weight is 142 g/mol. The van der Waals surface area contributed by atoms with Crippen molar-refractivity contribution in [3.63, 3.8) is 0 Å². The summed E-state index contributed by atoms with van der Waals surface area (Å²) in [6, 6.07) is 0. The summed E-state index contributed by atoms with van der Waals surface area (Å²) in [5.74, 6) is 0.812. The molecule has 0 aromatic heterocycles. The van der Waals surface area contributed by atoms with Crippen molar-refractivity contribution in [1.29, 1.82) is 0 Å². The molecule has 2 unspecified atom stereocenters. The van der Waals surface area contributed by atoms with Crippen molar-refractivity contribution in [2.24, 2.45) is 5.92 Å². The molecule has 0 spiro atoms. The molecule has 1 fully saturated rings. The van der Waals surface area contributed by atoms with Gasteiger partial charge in [-0.2, -0.15) is 0 Å². The van der Waals surface area contributed by atoms with Gasteiger partial charge < -0.3 is 4.74 Å². The smallest absolute Gasteiger partial charge is 0.133 e. The van der Waals surface area contributed by atoms with Crippen molar-refractivity contribution in [2.75, 3.05) is 7.11 Å². The Labute approximate surface area is 61.6 Å². The van der Waals surface area contributed by atoms with Crippen molar-refractivity contribution in [2.45, 2.75) is 32.3 Å². The van der Waals surface area contributed by atoms with E-state index in [0.717, 1.165) is 6.42 Å². The lowest BCUT2D eigenvalue weighted by atomic mass is 9.87. The largest absolute Gasteiger partial charge is 0.381 e. The first-order chi connectivity index (χ1) is 4.74. The second-order valence-corrected chi connectivity index (χ2v) is 3.03. The Balaban J connectivity index is 2.43. The van der Waals surface area contributed by atoms with Crippen LogP contribution in [-0.4, -0.2) is 19.0 Å². The number of hydrogen-bond donors (Lipinski definition) is 0. The van der Waals surface area contributed by atoms with Crippen molar-refractivity contribution in [3.8, 4) is 0 Å². The third-order valence-electron chi connectivity index (χ3n) is 2.19. The first-order valence-electron chi connectivity index (χ1n) is 3.78. The fourth-order valence-electron chi connectivity index (χ4n) is 1.53. The van der Waals surface area contributed by atoms with Crippen LogP contribution in [0, 0.1) is 5.92 Å². The van der Waals surface area contributed by atoms with Gasteiger partial charge in [-0.15, -0.1) is 0 Å². The van der Waals surface area contributed by atoms with Gasteiger partial charge in [0.1, 0.15) is 5.78 Å². The molecule has 2 nitrogen and oxygen atoms in total. The minimum Gasteiger partial charge on any atom is -0.381 e. The van der Waals surface area contributed by atoms with E-state index in [4.69, 9.17) is 4.74 Å². The van der Waals surface area contributed by atoms with Crippen molar-refractivity contribution in [3.05, 3.63) is 0 Å². The summed E-state index contributed by atoms with van der Waals surface area (Å²) < 4.78 is 5.20. The van der Waals surface area contributed by atoms with Crippen molar-refractivity contribution < 1.29 is 9.53 Å². The van der Waals surface area contributed by atoms with E-state index in [1.165, 1.54) is 0 Å². The Bertz CT molecular complexity index is 131. The SMILES string of the molecule is COC1CCC(=O)CC1C. The minimum absolute atomic E-state index is 0.317. The lowest BCUT2D eigenvalue weighted by Gasteiger charge is -2.26. The quantitative estimate of drug-likeness (QED) is 0.553. The maximum Gasteiger partial charge on any atom is 0.133 e. The predicted octanol–water partition coefficient (Wildman–Crippen LogP) is 1.39. The second kappa shape index (κ2) is 3.15. The number of rotatable bonds is 1. The molecule has 2 atom stereocenters. The lowest BCUT2D eigenvalue weighted by Crippen LogP contribution is -2.28. The summed E-state index contributed by atoms with van der Waals surface area (Å²) in [7, 11) is 1.72. The number of carbonyl (C=O) groups excluding carboxylic acids is 1. The van der Waals surface area contributed by atoms with Crippen LogP contribution in [0.1, 0.15) is 26.2 Å². The molecule has 0 N–H and O–H groups in total. The summed E-state index contributed by atoms with van der Waals surface area (Å²) >= 11 is 0. The minimum atomic E-state index is 0.317. The van der Waals surface area contributed by atoms with Crippen LogP contribution in [-0.2, 0) is 9.53 Å². The predicted molar refractivity (Wildman–Crippen MR) is 38.8 cm³/mol. The van der Waals surface area contributed by atoms with Gasteiger partial charge >= 0.3 is 0 Å². The van der Waals surface area contributed by atoms with Gasteiger partial charge in [-0.05, 0) is 12.3 Å². The van der Waals surface area contributed by atoms with Crippen molar-refractivity contribution in [1.82, 2.24) is 0 Å². The number of methoxy groups -OCH3 is 1. The third kappa shape index (κ3) is 1.57. The van der Waals surface area contributed by atoms with Gasteiger partial charge in [0.25, 0.3) is 0 Å². The summed E-state index contributed by atoms with van der Waals surface area (Å²) in [6.07, 6.45) is 2.65. The van der Waals surface area contributed by atoms with Crippen LogP contribution in [0.4, 0.5) is 0 Å². The van der Waals surface area contributed by atoms with Crippen LogP contribution in [0.5, 0.6) is 0 Å². The highest BCUT2D eigenvalue weighted by Gasteiger charge is 2.25. The van der Waals surface area contributed by atoms with E-state index in [1.54, 1.807) is 7.11 Å². The molecule has 0 saturated heterocycles. The molecule has 1 rings (SSSR count). The number of Topliss-reactive ketones (excluding diaryl/α,β-unsaturated/α-hetero) is 1. The molecule has 0 radical (unpaired) electrons. The lowest BCUT2D eigenvalue weighted by molar-refractivity contribution is -0.124. The summed E-state index contributed by atoms with van der Waals surface area (Å²) in [6.45, 7) is 2.07. The summed E-state index contributed by atoms with van der Waals surface area (Å²) in [5, 5.41) is 0. The van der Waals surface area contributed by atoms with Gasteiger partial charge in [-0.3, -0.25) is 4.79 Å². The average Bonchev–Trinajstić information content (AvgIpc) is 1.88. The molecule has 0 aromatic carbocycles. The van der Waals surface area contributed by atoms with Gasteiger partial charge in [-0.25, -0.2) is 0 Å². The Morgan fingerprint density at radius 2 is 2.30 bits per heavy atom.